The van der Waals surface area contributed by atoms with E-state index in [4.69, 9.17) is 9.98 Å². The van der Waals surface area contributed by atoms with Crippen molar-refractivity contribution < 1.29 is 18.0 Å². The summed E-state index contributed by atoms with van der Waals surface area (Å²) in [5.74, 6) is 0.317. The standard InChI is InChI=1S/C44H57F3N10O/c1-8-31-24-54(7)27-35-22-34(51-41-14-12-13-39(52-41)36-20-33(46)19-30(4)42(36)55(25-31)29(2)3)26-56(35)44(49-28-53(6)17-10-9-11-18-58)37-23-50-57(43(37)48-5)40-16-15-32(45)21-38(40)47/h12-16,18-21,31,34-35,50H,2,5,8-11,17,22-28H2,1,3-4,6-7H3,(H,51,52)/b49-44+. The lowest BCUT2D eigenvalue weighted by molar-refractivity contribution is -0.107. The molecular formula is C44H57F3N10O. The Morgan fingerprint density at radius 1 is 1.07 bits per heavy atom. The number of nitrogens with zero attached hydrogens (tertiary/aromatic N) is 8. The second-order valence-electron chi connectivity index (χ2n) is 15.8. The SMILES string of the molecule is C=NC1=C(/C(=N\CN(C)CCCCC=O)N2CC3CC2CN(C)CC(CC)CN(C(=C)C)c2c(C)cc(F)cc2-c2cccc(n2)N3)CNN1c1ccc(F)cc1F. The number of aldehydes is 1. The van der Waals surface area contributed by atoms with Crippen molar-refractivity contribution in [2.45, 2.75) is 65.0 Å². The van der Waals surface area contributed by atoms with Crippen LogP contribution >= 0.6 is 0 Å². The van der Waals surface area contributed by atoms with Crippen molar-refractivity contribution in [2.24, 2.45) is 15.9 Å². The number of carbonyl (C=O) groups excluding carboxylic acids is 1. The lowest BCUT2D eigenvalue weighted by Crippen LogP contribution is -2.45. The number of aromatic nitrogens is 1. The van der Waals surface area contributed by atoms with Crippen molar-refractivity contribution in [3.8, 4) is 11.3 Å². The van der Waals surface area contributed by atoms with Crippen LogP contribution in [-0.2, 0) is 4.79 Å². The molecule has 0 radical (unpaired) electrons. The Kier molecular flexibility index (Phi) is 14.0. The maximum absolute atomic E-state index is 15.2. The summed E-state index contributed by atoms with van der Waals surface area (Å²) in [5.41, 5.74) is 8.11. The lowest BCUT2D eigenvalue weighted by Gasteiger charge is -2.35. The van der Waals surface area contributed by atoms with E-state index >= 15 is 8.78 Å². The summed E-state index contributed by atoms with van der Waals surface area (Å²) in [4.78, 5) is 34.7. The van der Waals surface area contributed by atoms with Crippen molar-refractivity contribution >= 4 is 36.0 Å². The third kappa shape index (κ3) is 9.79. The Morgan fingerprint density at radius 2 is 1.88 bits per heavy atom. The Labute approximate surface area is 341 Å². The molecule has 1 aromatic heterocycles. The van der Waals surface area contributed by atoms with Gasteiger partial charge in [0.15, 0.2) is 11.6 Å². The van der Waals surface area contributed by atoms with Gasteiger partial charge in [0, 0.05) is 68.6 Å². The smallest absolute Gasteiger partial charge is 0.155 e. The topological polar surface area (TPSA) is 94.9 Å². The molecule has 2 N–H and O–H groups in total. The maximum Gasteiger partial charge on any atom is 0.155 e. The Balaban J connectivity index is 1.42. The highest BCUT2D eigenvalue weighted by molar-refractivity contribution is 6.01. The Morgan fingerprint density at radius 3 is 2.60 bits per heavy atom. The van der Waals surface area contributed by atoms with Gasteiger partial charge in [-0.1, -0.05) is 26.0 Å². The number of benzene rings is 2. The van der Waals surface area contributed by atoms with Crippen molar-refractivity contribution in [1.82, 2.24) is 25.1 Å². The maximum atomic E-state index is 15.2. The lowest BCUT2D eigenvalue weighted by atomic mass is 9.99. The molecule has 3 aliphatic rings. The molecule has 0 spiro atoms. The zero-order valence-corrected chi connectivity index (χ0v) is 34.4. The number of unbranched alkanes of at least 4 members (excludes halogenated alkanes) is 2. The minimum Gasteiger partial charge on any atom is -0.365 e. The number of halogens is 3. The summed E-state index contributed by atoms with van der Waals surface area (Å²) in [6.45, 7) is 18.6. The van der Waals surface area contributed by atoms with Crippen LogP contribution < -0.4 is 20.7 Å². The molecule has 4 bridgehead atoms. The van der Waals surface area contributed by atoms with Crippen LogP contribution in [0.5, 0.6) is 0 Å². The minimum atomic E-state index is -0.729. The van der Waals surface area contributed by atoms with Gasteiger partial charge in [-0.15, -0.1) is 0 Å². The van der Waals surface area contributed by atoms with Crippen LogP contribution in [-0.4, -0.2) is 111 Å². The fourth-order valence-electron chi connectivity index (χ4n) is 8.39. The molecule has 2 aromatic carbocycles. The van der Waals surface area contributed by atoms with Gasteiger partial charge in [0.1, 0.15) is 29.6 Å². The number of likely N-dealkylation sites (tertiary alicyclic amines) is 1. The van der Waals surface area contributed by atoms with Gasteiger partial charge < -0.3 is 24.8 Å². The summed E-state index contributed by atoms with van der Waals surface area (Å²) in [5, 5.41) is 5.22. The first-order chi connectivity index (χ1) is 27.9. The van der Waals surface area contributed by atoms with Crippen molar-refractivity contribution in [1.29, 1.82) is 0 Å². The number of hydrazine groups is 1. The molecule has 3 atom stereocenters. The molecule has 14 heteroatoms. The van der Waals surface area contributed by atoms with E-state index in [9.17, 15) is 9.18 Å². The number of aliphatic imine (C=N–C) groups is 2. The first kappa shape index (κ1) is 42.6. The number of pyridine rings is 1. The number of hydrogen-bond donors (Lipinski definition) is 2. The Hall–Kier alpha value is -5.05. The van der Waals surface area contributed by atoms with E-state index in [0.29, 0.717) is 54.9 Å². The predicted octanol–water partition coefficient (Wildman–Crippen LogP) is 7.23. The summed E-state index contributed by atoms with van der Waals surface area (Å²) in [6.07, 6.45) is 4.81. The highest BCUT2D eigenvalue weighted by Crippen LogP contribution is 2.38. The fraction of sp³-hybridized carbons (Fsp3) is 0.455. The van der Waals surface area contributed by atoms with Crippen molar-refractivity contribution in [2.75, 3.05) is 75.3 Å². The molecule has 6 rings (SSSR count). The average molecular weight is 799 g/mol. The number of rotatable bonds is 12. The quantitative estimate of drug-likeness (QED) is 0.0852. The van der Waals surface area contributed by atoms with E-state index in [1.54, 1.807) is 12.1 Å². The van der Waals surface area contributed by atoms with E-state index in [0.717, 1.165) is 80.2 Å². The molecule has 0 aliphatic carbocycles. The molecule has 3 unspecified atom stereocenters. The molecule has 4 heterocycles. The van der Waals surface area contributed by atoms with Gasteiger partial charge in [-0.2, -0.15) is 0 Å². The zero-order chi connectivity index (χ0) is 41.5. The predicted molar refractivity (Wildman–Crippen MR) is 229 cm³/mol. The number of hydrogen-bond acceptors (Lipinski definition) is 10. The summed E-state index contributed by atoms with van der Waals surface area (Å²) >= 11 is 0. The molecule has 58 heavy (non-hydrogen) atoms. The number of nitrogens with one attached hydrogen (secondary N) is 2. The van der Waals surface area contributed by atoms with E-state index in [1.807, 2.05) is 39.1 Å². The molecule has 3 aliphatic heterocycles. The van der Waals surface area contributed by atoms with Gasteiger partial charge in [0.25, 0.3) is 0 Å². The van der Waals surface area contributed by atoms with Gasteiger partial charge in [0.2, 0.25) is 0 Å². The van der Waals surface area contributed by atoms with Gasteiger partial charge in [-0.05, 0) is 108 Å². The Bertz CT molecular complexity index is 2040. The van der Waals surface area contributed by atoms with Gasteiger partial charge in [-0.25, -0.2) is 28.6 Å². The highest BCUT2D eigenvalue weighted by Gasteiger charge is 2.39. The fourth-order valence-corrected chi connectivity index (χ4v) is 8.39. The van der Waals surface area contributed by atoms with Gasteiger partial charge >= 0.3 is 0 Å². The van der Waals surface area contributed by atoms with E-state index < -0.39 is 11.6 Å². The molecule has 0 saturated carbocycles. The zero-order valence-electron chi connectivity index (χ0n) is 34.4. The number of carbonyl (C=O) groups is 1. The van der Waals surface area contributed by atoms with Crippen LogP contribution in [0.4, 0.5) is 30.4 Å². The van der Waals surface area contributed by atoms with Crippen LogP contribution in [0.2, 0.25) is 0 Å². The molecule has 0 amide bonds. The van der Waals surface area contributed by atoms with Crippen molar-refractivity contribution in [3.05, 3.63) is 95.2 Å². The number of allylic oxidation sites excluding steroid dienone is 1. The monoisotopic (exact) mass is 798 g/mol. The second-order valence-corrected chi connectivity index (χ2v) is 15.8. The first-order valence-electron chi connectivity index (χ1n) is 20.2. The number of amidine groups is 1. The van der Waals surface area contributed by atoms with Gasteiger partial charge in [-0.3, -0.25) is 14.9 Å². The molecule has 3 aromatic rings. The van der Waals surface area contributed by atoms with Crippen LogP contribution in [0.25, 0.3) is 11.3 Å². The summed E-state index contributed by atoms with van der Waals surface area (Å²) < 4.78 is 44.4. The molecule has 310 valence electrons. The van der Waals surface area contributed by atoms with Gasteiger partial charge in [0.05, 0.1) is 29.3 Å². The van der Waals surface area contributed by atoms with E-state index in [2.05, 4.69) is 62.6 Å². The largest absolute Gasteiger partial charge is 0.365 e. The summed E-state index contributed by atoms with van der Waals surface area (Å²) in [6, 6.07) is 12.4. The minimum absolute atomic E-state index is 0.00548. The molecule has 1 saturated heterocycles. The number of likely N-dealkylation sites (N-methyl/N-ethyl adjacent to an activating group) is 1. The number of anilines is 3. The number of fused-ring (bicyclic) bond motifs is 6. The molecule has 1 fully saturated rings. The van der Waals surface area contributed by atoms with Crippen LogP contribution in [0.15, 0.2) is 82.2 Å². The summed E-state index contributed by atoms with van der Waals surface area (Å²) in [7, 11) is 4.16. The van der Waals surface area contributed by atoms with E-state index in [-0.39, 0.29) is 36.1 Å². The van der Waals surface area contributed by atoms with Crippen LogP contribution in [0.3, 0.4) is 0 Å². The number of aryl methyl sites for hydroxylation is 1. The highest BCUT2D eigenvalue weighted by atomic mass is 19.1. The van der Waals surface area contributed by atoms with Crippen molar-refractivity contribution in [3.63, 3.8) is 0 Å². The van der Waals surface area contributed by atoms with Crippen LogP contribution in [0, 0.1) is 30.3 Å². The first-order valence-corrected chi connectivity index (χ1v) is 20.2. The molecule has 11 nitrogen and oxygen atoms in total. The third-order valence-electron chi connectivity index (χ3n) is 11.2. The normalized spacial score (nSPS) is 20.5. The van der Waals surface area contributed by atoms with Crippen LogP contribution in [0.1, 0.15) is 51.5 Å². The van der Waals surface area contributed by atoms with E-state index in [1.165, 1.54) is 17.1 Å². The molecular weight excluding hydrogens is 742 g/mol. The second kappa shape index (κ2) is 19.1. The third-order valence-corrected chi connectivity index (χ3v) is 11.2. The average Bonchev–Trinajstić information content (AvgIpc) is 3.78.